The van der Waals surface area contributed by atoms with Gasteiger partial charge < -0.3 is 5.32 Å². The first-order valence-corrected chi connectivity index (χ1v) is 8.68. The lowest BCUT2D eigenvalue weighted by Gasteiger charge is -2.16. The second kappa shape index (κ2) is 7.06. The fraction of sp³-hybridized carbons (Fsp3) is 0.273. The zero-order valence-corrected chi connectivity index (χ0v) is 15.0. The Morgan fingerprint density at radius 2 is 1.52 bits per heavy atom. The highest BCUT2D eigenvalue weighted by Gasteiger charge is 2.23. The van der Waals surface area contributed by atoms with E-state index in [1.807, 2.05) is 38.1 Å². The standard InChI is InChI=1S/C22H23NO2/c1-14-12-16(3)18(13-15(14)2)19-20(22(25)21(19)24)23-11-7-10-17-8-5-4-6-9-17/h4-6,8-9,12-13,23H,7,10-11H2,1-3H3. The third-order valence-electron chi connectivity index (χ3n) is 4.81. The molecule has 3 aromatic rings. The van der Waals surface area contributed by atoms with Crippen molar-refractivity contribution in [3.63, 3.8) is 0 Å². The van der Waals surface area contributed by atoms with Crippen LogP contribution < -0.4 is 16.2 Å². The molecule has 0 radical (unpaired) electrons. The van der Waals surface area contributed by atoms with Crippen LogP contribution in [-0.2, 0) is 6.42 Å². The van der Waals surface area contributed by atoms with Crippen LogP contribution >= 0.6 is 0 Å². The Balaban J connectivity index is 1.74. The van der Waals surface area contributed by atoms with Crippen LogP contribution in [0.25, 0.3) is 11.1 Å². The molecule has 0 unspecified atom stereocenters. The molecular formula is C22H23NO2. The van der Waals surface area contributed by atoms with Gasteiger partial charge in [0.1, 0.15) is 0 Å². The van der Waals surface area contributed by atoms with Gasteiger partial charge in [-0.3, -0.25) is 9.59 Å². The monoisotopic (exact) mass is 333 g/mol. The first-order chi connectivity index (χ1) is 12.0. The van der Waals surface area contributed by atoms with Gasteiger partial charge in [-0.25, -0.2) is 0 Å². The van der Waals surface area contributed by atoms with Crippen LogP contribution in [0.2, 0.25) is 0 Å². The quantitative estimate of drug-likeness (QED) is 0.549. The molecule has 0 amide bonds. The van der Waals surface area contributed by atoms with E-state index in [0.717, 1.165) is 29.5 Å². The number of rotatable bonds is 6. The molecule has 0 spiro atoms. The number of hydrogen-bond acceptors (Lipinski definition) is 3. The summed E-state index contributed by atoms with van der Waals surface area (Å²) in [6.45, 7) is 6.74. The molecule has 1 N–H and O–H groups in total. The Labute approximate surface area is 148 Å². The number of aryl methyl sites for hydroxylation is 4. The van der Waals surface area contributed by atoms with Crippen LogP contribution in [-0.4, -0.2) is 6.54 Å². The number of nitrogens with one attached hydrogen (secondary N) is 1. The Kier molecular flexibility index (Phi) is 4.84. The summed E-state index contributed by atoms with van der Waals surface area (Å²) in [5.41, 5.74) is 5.75. The van der Waals surface area contributed by atoms with E-state index < -0.39 is 5.43 Å². The molecule has 0 atom stereocenters. The summed E-state index contributed by atoms with van der Waals surface area (Å²) in [4.78, 5) is 24.1. The van der Waals surface area contributed by atoms with E-state index in [9.17, 15) is 9.59 Å². The fourth-order valence-electron chi connectivity index (χ4n) is 3.20. The van der Waals surface area contributed by atoms with Crippen molar-refractivity contribution >= 4 is 5.69 Å². The van der Waals surface area contributed by atoms with Crippen molar-refractivity contribution in [2.24, 2.45) is 0 Å². The van der Waals surface area contributed by atoms with Crippen LogP contribution in [0.4, 0.5) is 5.69 Å². The first kappa shape index (κ1) is 17.2. The first-order valence-electron chi connectivity index (χ1n) is 8.68. The molecule has 3 nitrogen and oxygen atoms in total. The molecular weight excluding hydrogens is 310 g/mol. The zero-order valence-electron chi connectivity index (χ0n) is 15.0. The second-order valence-corrected chi connectivity index (χ2v) is 6.68. The van der Waals surface area contributed by atoms with Crippen LogP contribution in [0.15, 0.2) is 52.1 Å². The van der Waals surface area contributed by atoms with Gasteiger partial charge >= 0.3 is 0 Å². The minimum absolute atomic E-state index is 0.378. The van der Waals surface area contributed by atoms with E-state index >= 15 is 0 Å². The highest BCUT2D eigenvalue weighted by Crippen LogP contribution is 2.29. The molecule has 0 heterocycles. The average molecular weight is 333 g/mol. The van der Waals surface area contributed by atoms with Gasteiger partial charge in [0.25, 0.3) is 0 Å². The van der Waals surface area contributed by atoms with Gasteiger partial charge in [0.05, 0.1) is 11.3 Å². The summed E-state index contributed by atoms with van der Waals surface area (Å²) in [6.07, 6.45) is 1.86. The molecule has 3 rings (SSSR count). The van der Waals surface area contributed by atoms with E-state index in [0.29, 0.717) is 17.8 Å². The van der Waals surface area contributed by atoms with Crippen molar-refractivity contribution in [2.75, 3.05) is 11.9 Å². The minimum Gasteiger partial charge on any atom is -0.381 e. The third-order valence-corrected chi connectivity index (χ3v) is 4.81. The average Bonchev–Trinajstić information content (AvgIpc) is 2.61. The minimum atomic E-state index is -0.396. The summed E-state index contributed by atoms with van der Waals surface area (Å²) in [7, 11) is 0. The predicted molar refractivity (Wildman–Crippen MR) is 104 cm³/mol. The summed E-state index contributed by atoms with van der Waals surface area (Å²) in [5, 5.41) is 3.19. The van der Waals surface area contributed by atoms with Gasteiger partial charge in [0, 0.05) is 6.54 Å². The van der Waals surface area contributed by atoms with Crippen LogP contribution in [0.3, 0.4) is 0 Å². The van der Waals surface area contributed by atoms with E-state index in [-0.39, 0.29) is 5.43 Å². The van der Waals surface area contributed by atoms with Gasteiger partial charge in [0.2, 0.25) is 10.9 Å². The largest absolute Gasteiger partial charge is 0.381 e. The third kappa shape index (κ3) is 3.41. The zero-order chi connectivity index (χ0) is 18.0. The molecule has 0 aliphatic carbocycles. The normalized spacial score (nSPS) is 11.0. The highest BCUT2D eigenvalue weighted by molar-refractivity contribution is 5.84. The van der Waals surface area contributed by atoms with E-state index in [2.05, 4.69) is 30.4 Å². The van der Waals surface area contributed by atoms with E-state index in [4.69, 9.17) is 0 Å². The molecule has 0 saturated heterocycles. The van der Waals surface area contributed by atoms with Crippen molar-refractivity contribution in [3.05, 3.63) is 85.2 Å². The molecule has 3 heteroatoms. The van der Waals surface area contributed by atoms with Crippen molar-refractivity contribution in [1.82, 2.24) is 0 Å². The molecule has 0 aliphatic heterocycles. The number of benzene rings is 2. The van der Waals surface area contributed by atoms with Gasteiger partial charge in [-0.1, -0.05) is 42.5 Å². The Hall–Kier alpha value is -2.68. The summed E-state index contributed by atoms with van der Waals surface area (Å²) >= 11 is 0. The molecule has 0 aliphatic rings. The maximum Gasteiger partial charge on any atom is 0.250 e. The molecule has 25 heavy (non-hydrogen) atoms. The summed E-state index contributed by atoms with van der Waals surface area (Å²) in [5.74, 6) is 0. The lowest BCUT2D eigenvalue weighted by Crippen LogP contribution is -2.36. The van der Waals surface area contributed by atoms with Crippen molar-refractivity contribution < 1.29 is 0 Å². The van der Waals surface area contributed by atoms with Crippen molar-refractivity contribution in [2.45, 2.75) is 33.6 Å². The summed E-state index contributed by atoms with van der Waals surface area (Å²) < 4.78 is 0. The topological polar surface area (TPSA) is 46.2 Å². The smallest absolute Gasteiger partial charge is 0.250 e. The fourth-order valence-corrected chi connectivity index (χ4v) is 3.20. The van der Waals surface area contributed by atoms with Crippen LogP contribution in [0.1, 0.15) is 28.7 Å². The molecule has 0 aromatic heterocycles. The lowest BCUT2D eigenvalue weighted by atomic mass is 9.91. The van der Waals surface area contributed by atoms with Crippen molar-refractivity contribution in [3.8, 4) is 11.1 Å². The maximum absolute atomic E-state index is 12.1. The van der Waals surface area contributed by atoms with E-state index in [1.54, 1.807) is 0 Å². The Bertz CT molecular complexity index is 964. The summed E-state index contributed by atoms with van der Waals surface area (Å²) in [6, 6.07) is 14.3. The molecule has 0 fully saturated rings. The van der Waals surface area contributed by atoms with Gasteiger partial charge in [-0.15, -0.1) is 0 Å². The van der Waals surface area contributed by atoms with Gasteiger partial charge in [-0.05, 0) is 61.4 Å². The van der Waals surface area contributed by atoms with Crippen LogP contribution in [0.5, 0.6) is 0 Å². The Morgan fingerprint density at radius 1 is 0.840 bits per heavy atom. The van der Waals surface area contributed by atoms with Crippen LogP contribution in [0, 0.1) is 20.8 Å². The molecule has 3 aromatic carbocycles. The highest BCUT2D eigenvalue weighted by atomic mass is 16.2. The molecule has 128 valence electrons. The van der Waals surface area contributed by atoms with Crippen molar-refractivity contribution in [1.29, 1.82) is 0 Å². The molecule has 0 bridgehead atoms. The number of anilines is 1. The van der Waals surface area contributed by atoms with Gasteiger partial charge in [-0.2, -0.15) is 0 Å². The number of hydrogen-bond donors (Lipinski definition) is 1. The SMILES string of the molecule is Cc1cc(C)c(-c2c(NCCCc3ccccc3)c(=O)c2=O)cc1C. The Morgan fingerprint density at radius 3 is 2.24 bits per heavy atom. The van der Waals surface area contributed by atoms with Gasteiger partial charge in [0.15, 0.2) is 0 Å². The second-order valence-electron chi connectivity index (χ2n) is 6.68. The lowest BCUT2D eigenvalue weighted by molar-refractivity contribution is 0.861. The van der Waals surface area contributed by atoms with E-state index in [1.165, 1.54) is 11.1 Å². The molecule has 0 saturated carbocycles. The maximum atomic E-state index is 12.1. The predicted octanol–water partition coefficient (Wildman–Crippen LogP) is 3.92.